The predicted molar refractivity (Wildman–Crippen MR) is 99.3 cm³/mol. The number of nitrogens with one attached hydrogen (secondary N) is 1. The lowest BCUT2D eigenvalue weighted by molar-refractivity contribution is -0.395. The SMILES string of the molecule is CCCCOc1ccccc1NC(=O)c1cc([N+](=O)[O-])c(C)c([N+](=O)[O-])c1. The number of carbonyl (C=O) groups is 1. The van der Waals surface area contributed by atoms with Crippen LogP contribution in [0.5, 0.6) is 5.75 Å². The number of rotatable bonds is 8. The summed E-state index contributed by atoms with van der Waals surface area (Å²) in [6.07, 6.45) is 1.80. The summed E-state index contributed by atoms with van der Waals surface area (Å²) in [5.74, 6) is -0.247. The molecule has 0 aliphatic carbocycles. The van der Waals surface area contributed by atoms with E-state index in [-0.39, 0.29) is 11.1 Å². The normalized spacial score (nSPS) is 10.3. The van der Waals surface area contributed by atoms with E-state index in [1.165, 1.54) is 6.92 Å². The molecule has 0 atom stereocenters. The maximum Gasteiger partial charge on any atom is 0.279 e. The molecule has 9 nitrogen and oxygen atoms in total. The molecule has 0 bridgehead atoms. The Kier molecular flexibility index (Phi) is 6.42. The summed E-state index contributed by atoms with van der Waals surface area (Å²) < 4.78 is 5.63. The zero-order chi connectivity index (χ0) is 20.0. The molecule has 0 aliphatic rings. The molecule has 2 aromatic rings. The first-order chi connectivity index (χ1) is 12.8. The standard InChI is InChI=1S/C18H19N3O6/c1-3-4-9-27-17-8-6-5-7-14(17)19-18(22)13-10-15(20(23)24)12(2)16(11-13)21(25)26/h5-8,10-11H,3-4,9H2,1-2H3,(H,19,22). The van der Waals surface area contributed by atoms with Gasteiger partial charge in [0.05, 0.1) is 27.7 Å². The van der Waals surface area contributed by atoms with Crippen molar-refractivity contribution in [3.05, 3.63) is 67.8 Å². The molecule has 2 aromatic carbocycles. The zero-order valence-corrected chi connectivity index (χ0v) is 14.9. The van der Waals surface area contributed by atoms with Gasteiger partial charge in [0, 0.05) is 12.1 Å². The Morgan fingerprint density at radius 2 is 1.70 bits per heavy atom. The molecular weight excluding hydrogens is 354 g/mol. The summed E-state index contributed by atoms with van der Waals surface area (Å²) >= 11 is 0. The highest BCUT2D eigenvalue weighted by Crippen LogP contribution is 2.30. The number of anilines is 1. The van der Waals surface area contributed by atoms with Crippen molar-refractivity contribution in [2.45, 2.75) is 26.7 Å². The van der Waals surface area contributed by atoms with Crippen molar-refractivity contribution in [1.82, 2.24) is 0 Å². The third-order valence-electron chi connectivity index (χ3n) is 3.90. The summed E-state index contributed by atoms with van der Waals surface area (Å²) in [4.78, 5) is 33.4. The van der Waals surface area contributed by atoms with Crippen molar-refractivity contribution in [3.8, 4) is 5.75 Å². The summed E-state index contributed by atoms with van der Waals surface area (Å²) in [6.45, 7) is 3.77. The van der Waals surface area contributed by atoms with Crippen molar-refractivity contribution in [2.24, 2.45) is 0 Å². The second-order valence-electron chi connectivity index (χ2n) is 5.81. The Balaban J connectivity index is 2.34. The minimum absolute atomic E-state index is 0.107. The van der Waals surface area contributed by atoms with Crippen molar-refractivity contribution in [1.29, 1.82) is 0 Å². The highest BCUT2D eigenvalue weighted by molar-refractivity contribution is 6.06. The fourth-order valence-electron chi connectivity index (χ4n) is 2.41. The second kappa shape index (κ2) is 8.75. The Morgan fingerprint density at radius 1 is 1.11 bits per heavy atom. The van der Waals surface area contributed by atoms with Crippen LogP contribution in [0.1, 0.15) is 35.7 Å². The van der Waals surface area contributed by atoms with Gasteiger partial charge in [-0.3, -0.25) is 25.0 Å². The number of para-hydroxylation sites is 2. The maximum atomic E-state index is 12.5. The molecule has 0 radical (unpaired) electrons. The number of nitro groups is 2. The first-order valence-corrected chi connectivity index (χ1v) is 8.31. The number of unbranched alkanes of at least 4 members (excludes halogenated alkanes) is 1. The van der Waals surface area contributed by atoms with E-state index in [4.69, 9.17) is 4.74 Å². The van der Waals surface area contributed by atoms with Crippen LogP contribution in [0.2, 0.25) is 0 Å². The van der Waals surface area contributed by atoms with Gasteiger partial charge in [-0.1, -0.05) is 25.5 Å². The number of nitro benzene ring substituents is 2. The summed E-state index contributed by atoms with van der Waals surface area (Å²) in [6, 6.07) is 8.80. The molecule has 0 fully saturated rings. The third-order valence-corrected chi connectivity index (χ3v) is 3.90. The fourth-order valence-corrected chi connectivity index (χ4v) is 2.41. The van der Waals surface area contributed by atoms with Gasteiger partial charge in [-0.15, -0.1) is 0 Å². The number of hydrogen-bond acceptors (Lipinski definition) is 6. The summed E-state index contributed by atoms with van der Waals surface area (Å²) in [7, 11) is 0. The molecule has 0 spiro atoms. The van der Waals surface area contributed by atoms with Gasteiger partial charge in [-0.05, 0) is 25.5 Å². The van der Waals surface area contributed by atoms with Gasteiger partial charge in [0.25, 0.3) is 17.3 Å². The zero-order valence-electron chi connectivity index (χ0n) is 14.9. The molecule has 1 amide bonds. The van der Waals surface area contributed by atoms with E-state index in [9.17, 15) is 25.0 Å². The molecule has 0 unspecified atom stereocenters. The van der Waals surface area contributed by atoms with E-state index in [0.29, 0.717) is 18.0 Å². The molecule has 2 rings (SSSR count). The first-order valence-electron chi connectivity index (χ1n) is 8.31. The van der Waals surface area contributed by atoms with E-state index in [1.807, 2.05) is 6.92 Å². The Hall–Kier alpha value is -3.49. The third kappa shape index (κ3) is 4.78. The highest BCUT2D eigenvalue weighted by atomic mass is 16.6. The molecule has 9 heteroatoms. The number of nitrogens with zero attached hydrogens (tertiary/aromatic N) is 2. The van der Waals surface area contributed by atoms with Crippen LogP contribution in [-0.4, -0.2) is 22.4 Å². The van der Waals surface area contributed by atoms with Crippen molar-refractivity contribution >= 4 is 23.0 Å². The topological polar surface area (TPSA) is 125 Å². The first kappa shape index (κ1) is 19.8. The van der Waals surface area contributed by atoms with Gasteiger partial charge in [0.15, 0.2) is 0 Å². The van der Waals surface area contributed by atoms with Crippen LogP contribution in [0.4, 0.5) is 17.1 Å². The van der Waals surface area contributed by atoms with Crippen LogP contribution < -0.4 is 10.1 Å². The van der Waals surface area contributed by atoms with E-state index in [2.05, 4.69) is 5.32 Å². The van der Waals surface area contributed by atoms with Crippen molar-refractivity contribution < 1.29 is 19.4 Å². The smallest absolute Gasteiger partial charge is 0.279 e. The van der Waals surface area contributed by atoms with Gasteiger partial charge >= 0.3 is 0 Å². The lowest BCUT2D eigenvalue weighted by atomic mass is 10.1. The second-order valence-corrected chi connectivity index (χ2v) is 5.81. The lowest BCUT2D eigenvalue weighted by Gasteiger charge is -2.12. The van der Waals surface area contributed by atoms with E-state index >= 15 is 0 Å². The lowest BCUT2D eigenvalue weighted by Crippen LogP contribution is -2.14. The number of amides is 1. The Bertz CT molecular complexity index is 846. The van der Waals surface area contributed by atoms with Crippen LogP contribution in [0.25, 0.3) is 0 Å². The van der Waals surface area contributed by atoms with Crippen molar-refractivity contribution in [2.75, 3.05) is 11.9 Å². The highest BCUT2D eigenvalue weighted by Gasteiger charge is 2.25. The van der Waals surface area contributed by atoms with Crippen LogP contribution in [0, 0.1) is 27.2 Å². The minimum Gasteiger partial charge on any atom is -0.491 e. The summed E-state index contributed by atoms with van der Waals surface area (Å²) in [5.41, 5.74) is -0.875. The van der Waals surface area contributed by atoms with E-state index in [1.54, 1.807) is 24.3 Å². The molecule has 0 aromatic heterocycles. The maximum absolute atomic E-state index is 12.5. The van der Waals surface area contributed by atoms with Crippen LogP contribution >= 0.6 is 0 Å². The average Bonchev–Trinajstić information content (AvgIpc) is 2.62. The van der Waals surface area contributed by atoms with Gasteiger partial charge < -0.3 is 10.1 Å². The molecule has 0 aliphatic heterocycles. The molecule has 27 heavy (non-hydrogen) atoms. The number of hydrogen-bond donors (Lipinski definition) is 1. The van der Waals surface area contributed by atoms with Gasteiger partial charge in [0.2, 0.25) is 0 Å². The van der Waals surface area contributed by atoms with Gasteiger partial charge in [-0.2, -0.15) is 0 Å². The average molecular weight is 373 g/mol. The van der Waals surface area contributed by atoms with Crippen LogP contribution in [0.3, 0.4) is 0 Å². The summed E-state index contributed by atoms with van der Waals surface area (Å²) in [5, 5.41) is 24.9. The molecule has 142 valence electrons. The molecule has 0 saturated heterocycles. The molecular formula is C18H19N3O6. The molecule has 0 saturated carbocycles. The minimum atomic E-state index is -0.749. The molecule has 1 N–H and O–H groups in total. The van der Waals surface area contributed by atoms with Crippen LogP contribution in [0.15, 0.2) is 36.4 Å². The number of ether oxygens (including phenoxy) is 1. The van der Waals surface area contributed by atoms with Crippen molar-refractivity contribution in [3.63, 3.8) is 0 Å². The van der Waals surface area contributed by atoms with Gasteiger partial charge in [0.1, 0.15) is 11.3 Å². The Labute approximate surface area is 155 Å². The van der Waals surface area contributed by atoms with E-state index < -0.39 is 27.1 Å². The molecule has 0 heterocycles. The Morgan fingerprint density at radius 3 is 2.26 bits per heavy atom. The largest absolute Gasteiger partial charge is 0.491 e. The monoisotopic (exact) mass is 373 g/mol. The fraction of sp³-hybridized carbons (Fsp3) is 0.278. The van der Waals surface area contributed by atoms with Crippen LogP contribution in [-0.2, 0) is 0 Å². The number of carbonyl (C=O) groups excluding carboxylic acids is 1. The predicted octanol–water partition coefficient (Wildman–Crippen LogP) is 4.24. The quantitative estimate of drug-likeness (QED) is 0.419. The number of benzene rings is 2. The van der Waals surface area contributed by atoms with E-state index in [0.717, 1.165) is 25.0 Å². The van der Waals surface area contributed by atoms with Gasteiger partial charge in [-0.25, -0.2) is 0 Å².